The molecule has 0 spiro atoms. The Bertz CT molecular complexity index is 651. The molecule has 156 valence electrons. The average molecular weight is 388 g/mol. The number of carbonyl (C=O) groups excluding carboxylic acids is 1. The number of hydrogen-bond donors (Lipinski definition) is 2. The van der Waals surface area contributed by atoms with Crippen LogP contribution in [0.5, 0.6) is 0 Å². The minimum atomic E-state index is 0.0405. The van der Waals surface area contributed by atoms with Gasteiger partial charge in [0.15, 0.2) is 0 Å². The second kappa shape index (κ2) is 8.95. The number of hydrogen-bond acceptors (Lipinski definition) is 4. The van der Waals surface area contributed by atoms with Crippen molar-refractivity contribution < 1.29 is 4.79 Å². The van der Waals surface area contributed by atoms with Crippen molar-refractivity contribution in [3.05, 3.63) is 18.0 Å². The fourth-order valence-corrected chi connectivity index (χ4v) is 5.48. The maximum Gasteiger partial charge on any atom is 0.220 e. The van der Waals surface area contributed by atoms with Gasteiger partial charge in [-0.1, -0.05) is 19.8 Å². The van der Waals surface area contributed by atoms with Crippen molar-refractivity contribution >= 4 is 5.91 Å². The van der Waals surface area contributed by atoms with Gasteiger partial charge in [-0.05, 0) is 58.0 Å². The highest BCUT2D eigenvalue weighted by molar-refractivity contribution is 5.77. The highest BCUT2D eigenvalue weighted by Crippen LogP contribution is 2.30. The standard InChI is InChI=1S/C22H37N5O/c1-3-27-15-17(14-23-27)22-20(7-8-21(28)25-22)24-18-9-11-26(12-10-18)19-6-4-5-16(2)13-19/h14-16,18-20,22,24H,3-13H2,1-2H3,(H,25,28)/t16?,19?,20-,22+/m1/s1. The predicted octanol–water partition coefficient (Wildman–Crippen LogP) is 2.86. The van der Waals surface area contributed by atoms with E-state index in [2.05, 4.69) is 40.7 Å². The molecule has 6 nitrogen and oxygen atoms in total. The first-order valence-electron chi connectivity index (χ1n) is 11.4. The summed E-state index contributed by atoms with van der Waals surface area (Å²) >= 11 is 0. The molecular weight excluding hydrogens is 350 g/mol. The highest BCUT2D eigenvalue weighted by Gasteiger charge is 2.34. The molecule has 4 rings (SSSR count). The SMILES string of the molecule is CCn1cc([C@@H]2NC(=O)CC[C@H]2NC2CCN(C3CCCC(C)C3)CC2)cn1. The van der Waals surface area contributed by atoms with E-state index in [1.165, 1.54) is 51.6 Å². The van der Waals surface area contributed by atoms with Gasteiger partial charge in [0.2, 0.25) is 5.91 Å². The van der Waals surface area contributed by atoms with Gasteiger partial charge in [-0.2, -0.15) is 5.10 Å². The molecule has 1 aromatic rings. The van der Waals surface area contributed by atoms with Crippen LogP contribution < -0.4 is 10.6 Å². The molecule has 4 atom stereocenters. The number of piperidine rings is 2. The molecule has 2 N–H and O–H groups in total. The van der Waals surface area contributed by atoms with Gasteiger partial charge in [-0.3, -0.25) is 9.48 Å². The molecule has 0 aromatic carbocycles. The summed E-state index contributed by atoms with van der Waals surface area (Å²) in [6.07, 6.45) is 13.6. The van der Waals surface area contributed by atoms with Gasteiger partial charge in [0.25, 0.3) is 0 Å². The van der Waals surface area contributed by atoms with Crippen LogP contribution in [-0.2, 0) is 11.3 Å². The van der Waals surface area contributed by atoms with E-state index in [1.54, 1.807) is 0 Å². The van der Waals surface area contributed by atoms with Crippen LogP contribution >= 0.6 is 0 Å². The largest absolute Gasteiger partial charge is 0.348 e. The molecule has 6 heteroatoms. The maximum atomic E-state index is 12.0. The summed E-state index contributed by atoms with van der Waals surface area (Å²) in [5.41, 5.74) is 1.13. The summed E-state index contributed by atoms with van der Waals surface area (Å²) in [7, 11) is 0. The number of rotatable bonds is 5. The third-order valence-corrected chi connectivity index (χ3v) is 7.14. The lowest BCUT2D eigenvalue weighted by Crippen LogP contribution is -2.54. The Hall–Kier alpha value is -1.40. The van der Waals surface area contributed by atoms with Crippen LogP contribution in [0.15, 0.2) is 12.4 Å². The van der Waals surface area contributed by atoms with Crippen molar-refractivity contribution in [3.8, 4) is 0 Å². The van der Waals surface area contributed by atoms with Gasteiger partial charge < -0.3 is 15.5 Å². The molecule has 3 fully saturated rings. The Labute approximate surface area is 169 Å². The molecule has 2 unspecified atom stereocenters. The average Bonchev–Trinajstić information content (AvgIpc) is 3.19. The molecule has 1 aromatic heterocycles. The van der Waals surface area contributed by atoms with E-state index in [4.69, 9.17) is 0 Å². The van der Waals surface area contributed by atoms with Gasteiger partial charge in [-0.15, -0.1) is 0 Å². The predicted molar refractivity (Wildman–Crippen MR) is 111 cm³/mol. The second-order valence-electron chi connectivity index (χ2n) is 9.22. The van der Waals surface area contributed by atoms with Gasteiger partial charge in [0, 0.05) is 42.9 Å². The number of aromatic nitrogens is 2. The zero-order valence-electron chi connectivity index (χ0n) is 17.6. The Morgan fingerprint density at radius 2 is 2.04 bits per heavy atom. The fraction of sp³-hybridized carbons (Fsp3) is 0.818. The molecule has 1 amide bonds. The molecule has 0 bridgehead atoms. The van der Waals surface area contributed by atoms with Crippen LogP contribution in [0.25, 0.3) is 0 Å². The van der Waals surface area contributed by atoms with E-state index in [0.717, 1.165) is 30.5 Å². The van der Waals surface area contributed by atoms with E-state index >= 15 is 0 Å². The zero-order chi connectivity index (χ0) is 19.5. The smallest absolute Gasteiger partial charge is 0.220 e. The molecular formula is C22H37N5O. The number of aryl methyl sites for hydroxylation is 1. The molecule has 1 saturated carbocycles. The maximum absolute atomic E-state index is 12.0. The minimum Gasteiger partial charge on any atom is -0.348 e. The zero-order valence-corrected chi connectivity index (χ0v) is 17.6. The van der Waals surface area contributed by atoms with Crippen molar-refractivity contribution in [3.63, 3.8) is 0 Å². The summed E-state index contributed by atoms with van der Waals surface area (Å²) in [4.78, 5) is 14.8. The first kappa shape index (κ1) is 19.9. The van der Waals surface area contributed by atoms with Gasteiger partial charge >= 0.3 is 0 Å². The van der Waals surface area contributed by atoms with Gasteiger partial charge in [0.05, 0.1) is 12.2 Å². The molecule has 3 aliphatic rings. The summed E-state index contributed by atoms with van der Waals surface area (Å²) in [6, 6.07) is 1.71. The Morgan fingerprint density at radius 3 is 2.75 bits per heavy atom. The van der Waals surface area contributed by atoms with Crippen LogP contribution in [0.4, 0.5) is 0 Å². The third-order valence-electron chi connectivity index (χ3n) is 7.14. The first-order chi connectivity index (χ1) is 13.6. The number of carbonyl (C=O) groups is 1. The molecule has 28 heavy (non-hydrogen) atoms. The highest BCUT2D eigenvalue weighted by atomic mass is 16.1. The molecule has 3 heterocycles. The lowest BCUT2D eigenvalue weighted by atomic mass is 9.85. The molecule has 2 aliphatic heterocycles. The summed E-state index contributed by atoms with van der Waals surface area (Å²) < 4.78 is 1.94. The molecule has 1 aliphatic carbocycles. The lowest BCUT2D eigenvalue weighted by molar-refractivity contribution is -0.124. The van der Waals surface area contributed by atoms with E-state index in [9.17, 15) is 4.79 Å². The monoisotopic (exact) mass is 387 g/mol. The van der Waals surface area contributed by atoms with E-state index in [1.807, 2.05) is 10.9 Å². The summed E-state index contributed by atoms with van der Waals surface area (Å²) in [6.45, 7) is 7.79. The van der Waals surface area contributed by atoms with Crippen LogP contribution in [0.1, 0.15) is 76.8 Å². The fourth-order valence-electron chi connectivity index (χ4n) is 5.48. The van der Waals surface area contributed by atoms with E-state index in [-0.39, 0.29) is 11.9 Å². The first-order valence-corrected chi connectivity index (χ1v) is 11.4. The van der Waals surface area contributed by atoms with E-state index < -0.39 is 0 Å². The van der Waals surface area contributed by atoms with Gasteiger partial charge in [-0.25, -0.2) is 0 Å². The summed E-state index contributed by atoms with van der Waals surface area (Å²) in [5, 5.41) is 11.5. The van der Waals surface area contributed by atoms with Crippen LogP contribution in [-0.4, -0.2) is 51.8 Å². The second-order valence-corrected chi connectivity index (χ2v) is 9.22. The number of likely N-dealkylation sites (tertiary alicyclic amines) is 1. The van der Waals surface area contributed by atoms with Crippen molar-refractivity contribution in [1.29, 1.82) is 0 Å². The summed E-state index contributed by atoms with van der Waals surface area (Å²) in [5.74, 6) is 1.05. The Morgan fingerprint density at radius 1 is 1.21 bits per heavy atom. The quantitative estimate of drug-likeness (QED) is 0.816. The van der Waals surface area contributed by atoms with Crippen molar-refractivity contribution in [2.75, 3.05) is 13.1 Å². The van der Waals surface area contributed by atoms with Crippen molar-refractivity contribution in [2.24, 2.45) is 5.92 Å². The van der Waals surface area contributed by atoms with Gasteiger partial charge in [0.1, 0.15) is 0 Å². The van der Waals surface area contributed by atoms with Crippen molar-refractivity contribution in [1.82, 2.24) is 25.3 Å². The minimum absolute atomic E-state index is 0.0405. The van der Waals surface area contributed by atoms with Crippen molar-refractivity contribution in [2.45, 2.75) is 95.9 Å². The number of amides is 1. The van der Waals surface area contributed by atoms with Crippen LogP contribution in [0, 0.1) is 5.92 Å². The Balaban J connectivity index is 1.33. The number of nitrogens with zero attached hydrogens (tertiary/aromatic N) is 3. The van der Waals surface area contributed by atoms with Crippen LogP contribution in [0.3, 0.4) is 0 Å². The third kappa shape index (κ3) is 4.60. The topological polar surface area (TPSA) is 62.2 Å². The lowest BCUT2D eigenvalue weighted by Gasteiger charge is -2.42. The molecule has 2 saturated heterocycles. The number of nitrogens with one attached hydrogen (secondary N) is 2. The Kier molecular flexibility index (Phi) is 6.36. The normalized spacial score (nSPS) is 33.0. The van der Waals surface area contributed by atoms with Crippen LogP contribution in [0.2, 0.25) is 0 Å². The van der Waals surface area contributed by atoms with E-state index in [0.29, 0.717) is 18.5 Å². The molecule has 0 radical (unpaired) electrons.